The minimum absolute atomic E-state index is 0.731. The summed E-state index contributed by atoms with van der Waals surface area (Å²) in [5, 5.41) is 15.3. The van der Waals surface area contributed by atoms with Gasteiger partial charge in [0.1, 0.15) is 5.76 Å². The van der Waals surface area contributed by atoms with Gasteiger partial charge in [0.05, 0.1) is 16.8 Å². The summed E-state index contributed by atoms with van der Waals surface area (Å²) < 4.78 is 7.28. The first-order valence-electron chi connectivity index (χ1n) is 7.79. The molecule has 0 bridgehead atoms. The first-order chi connectivity index (χ1) is 12.4. The highest BCUT2D eigenvalue weighted by molar-refractivity contribution is 7.13. The fourth-order valence-corrected chi connectivity index (χ4v) is 3.47. The highest BCUT2D eigenvalue weighted by atomic mass is 32.1. The fourth-order valence-electron chi connectivity index (χ4n) is 2.78. The molecule has 5 aromatic rings. The zero-order chi connectivity index (χ0) is 16.6. The monoisotopic (exact) mass is 344 g/mol. The van der Waals surface area contributed by atoms with Crippen molar-refractivity contribution in [1.82, 2.24) is 19.8 Å². The third-order valence-electron chi connectivity index (χ3n) is 3.97. The van der Waals surface area contributed by atoms with E-state index < -0.39 is 0 Å². The van der Waals surface area contributed by atoms with Crippen molar-refractivity contribution in [2.24, 2.45) is 0 Å². The molecule has 0 spiro atoms. The van der Waals surface area contributed by atoms with E-state index in [-0.39, 0.29) is 0 Å². The summed E-state index contributed by atoms with van der Waals surface area (Å²) >= 11 is 1.62. The van der Waals surface area contributed by atoms with Crippen LogP contribution < -0.4 is 0 Å². The molecule has 5 nitrogen and oxygen atoms in total. The second-order valence-electron chi connectivity index (χ2n) is 5.55. The Bertz CT molecular complexity index is 1140. The normalized spacial score (nSPS) is 11.2. The third-order valence-corrected chi connectivity index (χ3v) is 4.83. The molecule has 0 atom stereocenters. The first kappa shape index (κ1) is 14.1. The molecule has 0 unspecified atom stereocenters. The van der Waals surface area contributed by atoms with Crippen molar-refractivity contribution in [2.45, 2.75) is 0 Å². The summed E-state index contributed by atoms with van der Waals surface area (Å²) in [5.74, 6) is 1.60. The van der Waals surface area contributed by atoms with E-state index in [1.54, 1.807) is 22.1 Å². The summed E-state index contributed by atoms with van der Waals surface area (Å²) in [7, 11) is 0. The van der Waals surface area contributed by atoms with Gasteiger partial charge in [-0.1, -0.05) is 24.3 Å². The Morgan fingerprint density at radius 1 is 0.880 bits per heavy atom. The van der Waals surface area contributed by atoms with E-state index in [1.165, 1.54) is 0 Å². The van der Waals surface area contributed by atoms with E-state index in [0.717, 1.165) is 38.9 Å². The number of rotatable bonds is 3. The molecule has 0 aliphatic heterocycles. The van der Waals surface area contributed by atoms with Crippen LogP contribution in [-0.4, -0.2) is 19.8 Å². The van der Waals surface area contributed by atoms with Gasteiger partial charge in [-0.05, 0) is 41.8 Å². The maximum atomic E-state index is 5.49. The average molecular weight is 344 g/mol. The van der Waals surface area contributed by atoms with E-state index in [1.807, 2.05) is 60.0 Å². The molecule has 0 saturated carbocycles. The zero-order valence-electron chi connectivity index (χ0n) is 13.0. The maximum Gasteiger partial charge on any atom is 0.195 e. The Balaban J connectivity index is 1.64. The molecular formula is C19H12N4OS. The Morgan fingerprint density at radius 2 is 1.84 bits per heavy atom. The fraction of sp³-hybridized carbons (Fsp3) is 0. The van der Waals surface area contributed by atoms with Gasteiger partial charge in [-0.25, -0.2) is 0 Å². The van der Waals surface area contributed by atoms with Crippen molar-refractivity contribution in [3.05, 3.63) is 72.3 Å². The predicted octanol–water partition coefficient (Wildman–Crippen LogP) is 4.78. The Morgan fingerprint density at radius 3 is 2.68 bits per heavy atom. The van der Waals surface area contributed by atoms with Crippen LogP contribution >= 0.6 is 11.3 Å². The number of fused-ring (bicyclic) bond motifs is 1. The minimum atomic E-state index is 0.731. The molecule has 0 saturated heterocycles. The predicted molar refractivity (Wildman–Crippen MR) is 97.2 cm³/mol. The Labute approximate surface area is 147 Å². The standard InChI is InChI=1S/C19H12N4OS/c1-4-13(12-14(5-1)16-6-2-10-24-16)15-8-9-18-20-21-19(23(18)22-15)17-7-3-11-25-17/h1-12H. The number of benzene rings is 1. The van der Waals surface area contributed by atoms with Crippen LogP contribution in [0.3, 0.4) is 0 Å². The summed E-state index contributed by atoms with van der Waals surface area (Å²) in [4.78, 5) is 1.04. The van der Waals surface area contributed by atoms with Crippen LogP contribution in [0.5, 0.6) is 0 Å². The summed E-state index contributed by atoms with van der Waals surface area (Å²) in [6.07, 6.45) is 1.68. The first-order valence-corrected chi connectivity index (χ1v) is 8.67. The van der Waals surface area contributed by atoms with Crippen LogP contribution in [0.4, 0.5) is 0 Å². The van der Waals surface area contributed by atoms with E-state index in [4.69, 9.17) is 9.52 Å². The van der Waals surface area contributed by atoms with Gasteiger partial charge in [-0.15, -0.1) is 21.5 Å². The van der Waals surface area contributed by atoms with Crippen LogP contribution in [0.1, 0.15) is 0 Å². The van der Waals surface area contributed by atoms with E-state index in [9.17, 15) is 0 Å². The summed E-state index contributed by atoms with van der Waals surface area (Å²) in [5.41, 5.74) is 3.63. The van der Waals surface area contributed by atoms with Crippen molar-refractivity contribution < 1.29 is 4.42 Å². The molecule has 6 heteroatoms. The second kappa shape index (κ2) is 5.68. The lowest BCUT2D eigenvalue weighted by Crippen LogP contribution is -1.96. The third kappa shape index (κ3) is 2.43. The Hall–Kier alpha value is -3.25. The van der Waals surface area contributed by atoms with Gasteiger partial charge in [0.25, 0.3) is 0 Å². The highest BCUT2D eigenvalue weighted by Crippen LogP contribution is 2.27. The molecule has 0 radical (unpaired) electrons. The molecule has 0 aliphatic rings. The number of aromatic nitrogens is 4. The van der Waals surface area contributed by atoms with E-state index in [2.05, 4.69) is 16.3 Å². The summed E-state index contributed by atoms with van der Waals surface area (Å²) in [6, 6.07) is 19.9. The molecule has 5 rings (SSSR count). The number of furan rings is 1. The van der Waals surface area contributed by atoms with Crippen molar-refractivity contribution >= 4 is 17.0 Å². The molecule has 1 aromatic carbocycles. The van der Waals surface area contributed by atoms with Gasteiger partial charge in [-0.3, -0.25) is 0 Å². The number of thiophene rings is 1. The number of hydrogen-bond acceptors (Lipinski definition) is 5. The molecular weight excluding hydrogens is 332 g/mol. The molecule has 120 valence electrons. The van der Waals surface area contributed by atoms with Crippen molar-refractivity contribution in [2.75, 3.05) is 0 Å². The second-order valence-corrected chi connectivity index (χ2v) is 6.50. The molecule has 25 heavy (non-hydrogen) atoms. The Kier molecular flexibility index (Phi) is 3.21. The van der Waals surface area contributed by atoms with Crippen LogP contribution in [0.2, 0.25) is 0 Å². The van der Waals surface area contributed by atoms with Gasteiger partial charge in [0.2, 0.25) is 0 Å². The minimum Gasteiger partial charge on any atom is -0.464 e. The highest BCUT2D eigenvalue weighted by Gasteiger charge is 2.12. The van der Waals surface area contributed by atoms with Gasteiger partial charge < -0.3 is 4.42 Å². The average Bonchev–Trinajstić information content (AvgIpc) is 3.41. The van der Waals surface area contributed by atoms with Crippen molar-refractivity contribution in [3.8, 4) is 33.3 Å². The topological polar surface area (TPSA) is 56.2 Å². The van der Waals surface area contributed by atoms with Crippen LogP contribution in [0, 0.1) is 0 Å². The van der Waals surface area contributed by atoms with Gasteiger partial charge in [0, 0.05) is 11.1 Å². The smallest absolute Gasteiger partial charge is 0.195 e. The zero-order valence-corrected chi connectivity index (χ0v) is 13.9. The molecule has 4 aromatic heterocycles. The van der Waals surface area contributed by atoms with Crippen LogP contribution in [-0.2, 0) is 0 Å². The lowest BCUT2D eigenvalue weighted by molar-refractivity contribution is 0.582. The summed E-state index contributed by atoms with van der Waals surface area (Å²) in [6.45, 7) is 0. The largest absolute Gasteiger partial charge is 0.464 e. The van der Waals surface area contributed by atoms with Crippen LogP contribution in [0.25, 0.3) is 38.9 Å². The van der Waals surface area contributed by atoms with Gasteiger partial charge >= 0.3 is 0 Å². The van der Waals surface area contributed by atoms with Crippen molar-refractivity contribution in [3.63, 3.8) is 0 Å². The molecule has 0 N–H and O–H groups in total. The quantitative estimate of drug-likeness (QED) is 0.473. The number of hydrogen-bond donors (Lipinski definition) is 0. The van der Waals surface area contributed by atoms with Gasteiger partial charge in [-0.2, -0.15) is 9.61 Å². The van der Waals surface area contributed by atoms with Crippen molar-refractivity contribution in [1.29, 1.82) is 0 Å². The lowest BCUT2D eigenvalue weighted by Gasteiger charge is -2.04. The van der Waals surface area contributed by atoms with Crippen LogP contribution in [0.15, 0.2) is 76.7 Å². The molecule has 4 heterocycles. The molecule has 0 aliphatic carbocycles. The SMILES string of the molecule is c1cc(-c2ccc3nnc(-c4cccs4)n3n2)cc(-c2ccco2)c1. The van der Waals surface area contributed by atoms with E-state index in [0.29, 0.717) is 0 Å². The molecule has 0 fully saturated rings. The lowest BCUT2D eigenvalue weighted by atomic mass is 10.1. The number of nitrogens with zero attached hydrogens (tertiary/aromatic N) is 4. The van der Waals surface area contributed by atoms with Gasteiger partial charge in [0.15, 0.2) is 11.5 Å². The maximum absolute atomic E-state index is 5.49. The molecule has 0 amide bonds. The van der Waals surface area contributed by atoms with E-state index >= 15 is 0 Å².